The van der Waals surface area contributed by atoms with Crippen molar-refractivity contribution in [1.29, 1.82) is 0 Å². The van der Waals surface area contributed by atoms with E-state index in [0.717, 1.165) is 12.8 Å². The van der Waals surface area contributed by atoms with Crippen LogP contribution in [0, 0.1) is 0 Å². The molecule has 134 valence electrons. The Bertz CT molecular complexity index is 686. The molecule has 3 amide bonds. The highest BCUT2D eigenvalue weighted by atomic mass is 35.5. The van der Waals surface area contributed by atoms with E-state index >= 15 is 0 Å². The molecule has 0 bridgehead atoms. The Labute approximate surface area is 152 Å². The van der Waals surface area contributed by atoms with E-state index in [2.05, 4.69) is 0 Å². The maximum absolute atomic E-state index is 12.7. The van der Waals surface area contributed by atoms with Crippen molar-refractivity contribution in [2.45, 2.75) is 25.8 Å². The molecular weight excluding hydrogens is 342 g/mol. The van der Waals surface area contributed by atoms with Gasteiger partial charge in [0.1, 0.15) is 6.04 Å². The highest BCUT2D eigenvalue weighted by Gasteiger charge is 2.36. The number of carbonyl (C=O) groups is 3. The van der Waals surface area contributed by atoms with Crippen molar-refractivity contribution in [2.24, 2.45) is 0 Å². The third kappa shape index (κ3) is 3.79. The zero-order valence-electron chi connectivity index (χ0n) is 14.3. The molecule has 2 aliphatic rings. The molecule has 0 spiro atoms. The molecule has 2 saturated heterocycles. The van der Waals surface area contributed by atoms with Crippen molar-refractivity contribution in [2.75, 3.05) is 32.7 Å². The lowest BCUT2D eigenvalue weighted by Gasteiger charge is -2.37. The molecule has 2 fully saturated rings. The Kier molecular flexibility index (Phi) is 5.27. The topological polar surface area (TPSA) is 60.9 Å². The Morgan fingerprint density at radius 2 is 1.72 bits per heavy atom. The minimum Gasteiger partial charge on any atom is -0.337 e. The Hall–Kier alpha value is -2.08. The lowest BCUT2D eigenvalue weighted by Crippen LogP contribution is -2.55. The van der Waals surface area contributed by atoms with E-state index < -0.39 is 0 Å². The number of benzene rings is 1. The van der Waals surface area contributed by atoms with Crippen molar-refractivity contribution in [3.05, 3.63) is 34.9 Å². The number of halogens is 1. The van der Waals surface area contributed by atoms with Crippen molar-refractivity contribution in [1.82, 2.24) is 14.7 Å². The van der Waals surface area contributed by atoms with Gasteiger partial charge in [-0.1, -0.05) is 17.7 Å². The van der Waals surface area contributed by atoms with Crippen molar-refractivity contribution >= 4 is 29.3 Å². The predicted octanol–water partition coefficient (Wildman–Crippen LogP) is 1.64. The quantitative estimate of drug-likeness (QED) is 0.802. The van der Waals surface area contributed by atoms with Gasteiger partial charge in [-0.25, -0.2) is 0 Å². The van der Waals surface area contributed by atoms with Crippen molar-refractivity contribution in [3.8, 4) is 0 Å². The molecule has 2 heterocycles. The summed E-state index contributed by atoms with van der Waals surface area (Å²) >= 11 is 5.95. The summed E-state index contributed by atoms with van der Waals surface area (Å²) < 4.78 is 0. The maximum atomic E-state index is 12.7. The molecule has 2 aliphatic heterocycles. The monoisotopic (exact) mass is 363 g/mol. The van der Waals surface area contributed by atoms with Gasteiger partial charge in [-0.15, -0.1) is 0 Å². The zero-order valence-corrected chi connectivity index (χ0v) is 15.0. The minimum absolute atomic E-state index is 0.00237. The lowest BCUT2D eigenvalue weighted by atomic mass is 10.1. The first-order valence-electron chi connectivity index (χ1n) is 8.58. The molecular formula is C18H22ClN3O3. The second-order valence-electron chi connectivity index (χ2n) is 6.50. The highest BCUT2D eigenvalue weighted by molar-refractivity contribution is 6.30. The smallest absolute Gasteiger partial charge is 0.254 e. The van der Waals surface area contributed by atoms with E-state index in [-0.39, 0.29) is 23.8 Å². The van der Waals surface area contributed by atoms with Crippen LogP contribution in [0.5, 0.6) is 0 Å². The molecule has 3 rings (SSSR count). The second kappa shape index (κ2) is 7.44. The fourth-order valence-corrected chi connectivity index (χ4v) is 3.74. The number of hydrogen-bond acceptors (Lipinski definition) is 3. The number of nitrogens with zero attached hydrogens (tertiary/aromatic N) is 3. The van der Waals surface area contributed by atoms with Crippen LogP contribution in [0.25, 0.3) is 0 Å². The maximum Gasteiger partial charge on any atom is 0.254 e. The summed E-state index contributed by atoms with van der Waals surface area (Å²) in [5.41, 5.74) is 0.561. The van der Waals surface area contributed by atoms with Crippen LogP contribution in [-0.2, 0) is 9.59 Å². The van der Waals surface area contributed by atoms with Gasteiger partial charge in [-0.2, -0.15) is 0 Å². The van der Waals surface area contributed by atoms with Crippen LogP contribution >= 0.6 is 11.6 Å². The van der Waals surface area contributed by atoms with Crippen LogP contribution in [0.1, 0.15) is 30.1 Å². The van der Waals surface area contributed by atoms with Crippen LogP contribution < -0.4 is 0 Å². The molecule has 1 unspecified atom stereocenters. The van der Waals surface area contributed by atoms with E-state index in [4.69, 9.17) is 11.6 Å². The van der Waals surface area contributed by atoms with Crippen molar-refractivity contribution in [3.63, 3.8) is 0 Å². The second-order valence-corrected chi connectivity index (χ2v) is 6.93. The third-order valence-corrected chi connectivity index (χ3v) is 5.13. The van der Waals surface area contributed by atoms with Crippen LogP contribution in [-0.4, -0.2) is 71.2 Å². The first kappa shape index (κ1) is 17.7. The van der Waals surface area contributed by atoms with E-state index in [1.807, 2.05) is 0 Å². The molecule has 1 aromatic carbocycles. The van der Waals surface area contributed by atoms with Crippen LogP contribution in [0.15, 0.2) is 24.3 Å². The molecule has 7 heteroatoms. The predicted molar refractivity (Wildman–Crippen MR) is 94.3 cm³/mol. The van der Waals surface area contributed by atoms with Gasteiger partial charge in [0.05, 0.1) is 0 Å². The van der Waals surface area contributed by atoms with Gasteiger partial charge in [0.2, 0.25) is 11.8 Å². The standard InChI is InChI=1S/C18H22ClN3O3/c1-13(23)22-7-3-6-16(22)18(25)21-10-8-20(9-11-21)17(24)14-4-2-5-15(19)12-14/h2,4-5,12,16H,3,6-11H2,1H3. The van der Waals surface area contributed by atoms with E-state index in [0.29, 0.717) is 43.3 Å². The molecule has 1 atom stereocenters. The molecule has 0 radical (unpaired) electrons. The number of likely N-dealkylation sites (tertiary alicyclic amines) is 1. The third-order valence-electron chi connectivity index (χ3n) is 4.89. The summed E-state index contributed by atoms with van der Waals surface area (Å²) in [6, 6.07) is 6.55. The van der Waals surface area contributed by atoms with Gasteiger partial charge in [0, 0.05) is 50.2 Å². The Morgan fingerprint density at radius 1 is 1.04 bits per heavy atom. The summed E-state index contributed by atoms with van der Waals surface area (Å²) in [6.07, 6.45) is 1.59. The zero-order chi connectivity index (χ0) is 18.0. The van der Waals surface area contributed by atoms with Gasteiger partial charge in [0.15, 0.2) is 0 Å². The molecule has 0 aliphatic carbocycles. The Morgan fingerprint density at radius 3 is 2.36 bits per heavy atom. The Balaban J connectivity index is 1.59. The highest BCUT2D eigenvalue weighted by Crippen LogP contribution is 2.21. The van der Waals surface area contributed by atoms with Gasteiger partial charge in [-0.05, 0) is 31.0 Å². The number of amides is 3. The number of carbonyl (C=O) groups excluding carboxylic acids is 3. The molecule has 6 nitrogen and oxygen atoms in total. The largest absolute Gasteiger partial charge is 0.337 e. The SMILES string of the molecule is CC(=O)N1CCCC1C(=O)N1CCN(C(=O)c2cccc(Cl)c2)CC1. The lowest BCUT2D eigenvalue weighted by molar-refractivity contribution is -0.143. The summed E-state index contributed by atoms with van der Waals surface area (Å²) in [5.74, 6) is -0.117. The van der Waals surface area contributed by atoms with Gasteiger partial charge in [-0.3, -0.25) is 14.4 Å². The van der Waals surface area contributed by atoms with E-state index in [9.17, 15) is 14.4 Å². The average molecular weight is 364 g/mol. The summed E-state index contributed by atoms with van der Waals surface area (Å²) in [4.78, 5) is 42.1. The number of hydrogen-bond donors (Lipinski definition) is 0. The van der Waals surface area contributed by atoms with Crippen LogP contribution in [0.3, 0.4) is 0 Å². The van der Waals surface area contributed by atoms with E-state index in [1.54, 1.807) is 39.0 Å². The average Bonchev–Trinajstić information content (AvgIpc) is 3.10. The molecule has 0 aromatic heterocycles. The normalized spacial score (nSPS) is 20.7. The summed E-state index contributed by atoms with van der Waals surface area (Å²) in [7, 11) is 0. The summed E-state index contributed by atoms with van der Waals surface area (Å²) in [6.45, 7) is 4.13. The van der Waals surface area contributed by atoms with Gasteiger partial charge < -0.3 is 14.7 Å². The fourth-order valence-electron chi connectivity index (χ4n) is 3.55. The fraction of sp³-hybridized carbons (Fsp3) is 0.500. The number of piperazine rings is 1. The van der Waals surface area contributed by atoms with Gasteiger partial charge >= 0.3 is 0 Å². The number of rotatable bonds is 2. The van der Waals surface area contributed by atoms with Crippen molar-refractivity contribution < 1.29 is 14.4 Å². The van der Waals surface area contributed by atoms with Gasteiger partial charge in [0.25, 0.3) is 5.91 Å². The molecule has 1 aromatic rings. The van der Waals surface area contributed by atoms with Crippen LogP contribution in [0.4, 0.5) is 0 Å². The summed E-state index contributed by atoms with van der Waals surface area (Å²) in [5, 5.41) is 0.533. The first-order chi connectivity index (χ1) is 12.0. The molecule has 0 saturated carbocycles. The van der Waals surface area contributed by atoms with Crippen LogP contribution in [0.2, 0.25) is 5.02 Å². The van der Waals surface area contributed by atoms with E-state index in [1.165, 1.54) is 6.92 Å². The molecule has 0 N–H and O–H groups in total. The molecule has 25 heavy (non-hydrogen) atoms. The first-order valence-corrected chi connectivity index (χ1v) is 8.96. The minimum atomic E-state index is -0.340.